The highest BCUT2D eigenvalue weighted by Crippen LogP contribution is 2.24. The predicted octanol–water partition coefficient (Wildman–Crippen LogP) is 4.32. The van der Waals surface area contributed by atoms with Crippen LogP contribution in [0.5, 0.6) is 5.75 Å². The summed E-state index contributed by atoms with van der Waals surface area (Å²) in [5.41, 5.74) is 1.98. The molecule has 0 fully saturated rings. The molecule has 0 radical (unpaired) electrons. The van der Waals surface area contributed by atoms with E-state index in [9.17, 15) is 9.90 Å². The molecule has 0 heterocycles. The Kier molecular flexibility index (Phi) is 7.67. The standard InChI is InChI=1S/C22H28O4/c1-16(2)22(24)26-20(12-9-17-7-5-4-6-8-17)15-21(23)18-10-13-19(25-3)14-11-18/h4-8,10-11,13-14,16,20-21,23H,9,12,15H2,1-3H3. The summed E-state index contributed by atoms with van der Waals surface area (Å²) >= 11 is 0. The minimum Gasteiger partial charge on any atom is -0.497 e. The van der Waals surface area contributed by atoms with Crippen molar-refractivity contribution < 1.29 is 19.4 Å². The second-order valence-corrected chi connectivity index (χ2v) is 6.76. The second-order valence-electron chi connectivity index (χ2n) is 6.76. The fourth-order valence-corrected chi connectivity index (χ4v) is 2.71. The first-order valence-electron chi connectivity index (χ1n) is 9.06. The van der Waals surface area contributed by atoms with Crippen LogP contribution in [0.25, 0.3) is 0 Å². The Morgan fingerprint density at radius 1 is 1.04 bits per heavy atom. The van der Waals surface area contributed by atoms with Gasteiger partial charge in [0.1, 0.15) is 11.9 Å². The van der Waals surface area contributed by atoms with Crippen LogP contribution in [0.15, 0.2) is 54.6 Å². The summed E-state index contributed by atoms with van der Waals surface area (Å²) in [6.07, 6.45) is 0.823. The number of aliphatic hydroxyl groups is 1. The van der Waals surface area contributed by atoms with E-state index in [-0.39, 0.29) is 18.0 Å². The average Bonchev–Trinajstić information content (AvgIpc) is 2.66. The topological polar surface area (TPSA) is 55.8 Å². The van der Waals surface area contributed by atoms with E-state index >= 15 is 0 Å². The molecule has 2 rings (SSSR count). The van der Waals surface area contributed by atoms with Crippen LogP contribution >= 0.6 is 0 Å². The predicted molar refractivity (Wildman–Crippen MR) is 102 cm³/mol. The van der Waals surface area contributed by atoms with Gasteiger partial charge in [0, 0.05) is 6.42 Å². The molecular formula is C22H28O4. The largest absolute Gasteiger partial charge is 0.497 e. The van der Waals surface area contributed by atoms with Gasteiger partial charge in [0.25, 0.3) is 0 Å². The summed E-state index contributed by atoms with van der Waals surface area (Å²) in [4.78, 5) is 12.0. The molecule has 140 valence electrons. The maximum absolute atomic E-state index is 12.0. The summed E-state index contributed by atoms with van der Waals surface area (Å²) in [5, 5.41) is 10.6. The lowest BCUT2D eigenvalue weighted by Gasteiger charge is -2.22. The number of rotatable bonds is 9. The molecule has 0 aliphatic heterocycles. The van der Waals surface area contributed by atoms with E-state index in [1.165, 1.54) is 5.56 Å². The van der Waals surface area contributed by atoms with Crippen molar-refractivity contribution in [1.29, 1.82) is 0 Å². The molecule has 0 saturated heterocycles. The van der Waals surface area contributed by atoms with Gasteiger partial charge < -0.3 is 14.6 Å². The highest BCUT2D eigenvalue weighted by molar-refractivity contribution is 5.71. The zero-order valence-electron chi connectivity index (χ0n) is 15.7. The van der Waals surface area contributed by atoms with Crippen molar-refractivity contribution in [2.75, 3.05) is 7.11 Å². The lowest BCUT2D eigenvalue weighted by atomic mass is 9.98. The number of esters is 1. The zero-order valence-corrected chi connectivity index (χ0v) is 15.7. The molecule has 2 atom stereocenters. The molecule has 2 aromatic rings. The van der Waals surface area contributed by atoms with E-state index in [1.54, 1.807) is 7.11 Å². The van der Waals surface area contributed by atoms with Gasteiger partial charge in [-0.15, -0.1) is 0 Å². The first-order chi connectivity index (χ1) is 12.5. The van der Waals surface area contributed by atoms with Gasteiger partial charge in [-0.1, -0.05) is 56.3 Å². The Morgan fingerprint density at radius 3 is 2.27 bits per heavy atom. The van der Waals surface area contributed by atoms with E-state index in [4.69, 9.17) is 9.47 Å². The van der Waals surface area contributed by atoms with Crippen LogP contribution in [0.1, 0.15) is 43.9 Å². The van der Waals surface area contributed by atoms with Gasteiger partial charge in [0.2, 0.25) is 0 Å². The van der Waals surface area contributed by atoms with Crippen LogP contribution in [-0.4, -0.2) is 24.3 Å². The van der Waals surface area contributed by atoms with Gasteiger partial charge in [-0.2, -0.15) is 0 Å². The second kappa shape index (κ2) is 9.97. The van der Waals surface area contributed by atoms with E-state index in [0.717, 1.165) is 17.7 Å². The molecule has 0 spiro atoms. The Bertz CT molecular complexity index is 664. The normalized spacial score (nSPS) is 13.3. The lowest BCUT2D eigenvalue weighted by molar-refractivity contribution is -0.154. The molecule has 4 nitrogen and oxygen atoms in total. The molecule has 2 unspecified atom stereocenters. The highest BCUT2D eigenvalue weighted by Gasteiger charge is 2.21. The lowest BCUT2D eigenvalue weighted by Crippen LogP contribution is -2.24. The smallest absolute Gasteiger partial charge is 0.308 e. The first kappa shape index (κ1) is 20.0. The molecule has 0 bridgehead atoms. The molecule has 26 heavy (non-hydrogen) atoms. The number of methoxy groups -OCH3 is 1. The number of aryl methyl sites for hydroxylation is 1. The number of hydrogen-bond acceptors (Lipinski definition) is 4. The number of hydrogen-bond donors (Lipinski definition) is 1. The molecule has 2 aromatic carbocycles. The fourth-order valence-electron chi connectivity index (χ4n) is 2.71. The van der Waals surface area contributed by atoms with E-state index in [1.807, 2.05) is 56.3 Å². The van der Waals surface area contributed by atoms with Crippen molar-refractivity contribution in [3.63, 3.8) is 0 Å². The third kappa shape index (κ3) is 6.19. The van der Waals surface area contributed by atoms with Crippen molar-refractivity contribution in [2.45, 2.75) is 45.3 Å². The van der Waals surface area contributed by atoms with Crippen molar-refractivity contribution in [2.24, 2.45) is 5.92 Å². The molecular weight excluding hydrogens is 328 g/mol. The number of aliphatic hydroxyl groups excluding tert-OH is 1. The van der Waals surface area contributed by atoms with Crippen molar-refractivity contribution in [3.05, 3.63) is 65.7 Å². The molecule has 0 saturated carbocycles. The number of benzene rings is 2. The molecule has 0 aliphatic carbocycles. The third-order valence-electron chi connectivity index (χ3n) is 4.34. The summed E-state index contributed by atoms with van der Waals surface area (Å²) in [7, 11) is 1.61. The highest BCUT2D eigenvalue weighted by atomic mass is 16.5. The Labute approximate surface area is 155 Å². The SMILES string of the molecule is COc1ccc(C(O)CC(CCc2ccccc2)OC(=O)C(C)C)cc1. The maximum Gasteiger partial charge on any atom is 0.308 e. The maximum atomic E-state index is 12.0. The van der Waals surface area contributed by atoms with Crippen molar-refractivity contribution >= 4 is 5.97 Å². The van der Waals surface area contributed by atoms with Crippen LogP contribution in [0.2, 0.25) is 0 Å². The summed E-state index contributed by atoms with van der Waals surface area (Å²) in [6.45, 7) is 3.63. The van der Waals surface area contributed by atoms with Gasteiger partial charge in [0.15, 0.2) is 0 Å². The number of carbonyl (C=O) groups excluding carboxylic acids is 1. The summed E-state index contributed by atoms with van der Waals surface area (Å²) in [5.74, 6) is 0.324. The van der Waals surface area contributed by atoms with Crippen molar-refractivity contribution in [3.8, 4) is 5.75 Å². The van der Waals surface area contributed by atoms with Gasteiger partial charge in [-0.25, -0.2) is 0 Å². The van der Waals surface area contributed by atoms with Crippen LogP contribution in [0, 0.1) is 5.92 Å². The molecule has 4 heteroatoms. The van der Waals surface area contributed by atoms with E-state index < -0.39 is 6.10 Å². The minimum atomic E-state index is -0.693. The molecule has 1 N–H and O–H groups in total. The Morgan fingerprint density at radius 2 is 1.69 bits per heavy atom. The Hall–Kier alpha value is -2.33. The van der Waals surface area contributed by atoms with Crippen LogP contribution in [0.3, 0.4) is 0 Å². The Balaban J connectivity index is 2.02. The van der Waals surface area contributed by atoms with Gasteiger partial charge in [-0.05, 0) is 36.1 Å². The number of ether oxygens (including phenoxy) is 2. The van der Waals surface area contributed by atoms with Crippen LogP contribution in [-0.2, 0) is 16.0 Å². The first-order valence-corrected chi connectivity index (χ1v) is 9.06. The summed E-state index contributed by atoms with van der Waals surface area (Å²) in [6, 6.07) is 17.4. The average molecular weight is 356 g/mol. The third-order valence-corrected chi connectivity index (χ3v) is 4.34. The van der Waals surface area contributed by atoms with Gasteiger partial charge in [-0.3, -0.25) is 4.79 Å². The van der Waals surface area contributed by atoms with Crippen molar-refractivity contribution in [1.82, 2.24) is 0 Å². The van der Waals surface area contributed by atoms with Crippen LogP contribution in [0.4, 0.5) is 0 Å². The van der Waals surface area contributed by atoms with Gasteiger partial charge in [0.05, 0.1) is 19.1 Å². The molecule has 0 aliphatic rings. The van der Waals surface area contributed by atoms with Crippen LogP contribution < -0.4 is 4.74 Å². The summed E-state index contributed by atoms with van der Waals surface area (Å²) < 4.78 is 10.8. The molecule has 0 amide bonds. The number of carbonyl (C=O) groups is 1. The molecule has 0 aromatic heterocycles. The fraction of sp³-hybridized carbons (Fsp3) is 0.409. The minimum absolute atomic E-state index is 0.188. The zero-order chi connectivity index (χ0) is 18.9. The monoisotopic (exact) mass is 356 g/mol. The van der Waals surface area contributed by atoms with E-state index in [2.05, 4.69) is 12.1 Å². The quantitative estimate of drug-likeness (QED) is 0.680. The van der Waals surface area contributed by atoms with E-state index in [0.29, 0.717) is 12.8 Å². The van der Waals surface area contributed by atoms with Gasteiger partial charge >= 0.3 is 5.97 Å².